The number of aromatic nitrogens is 4. The fraction of sp³-hybridized carbons (Fsp3) is 0.0952. The molecule has 4 rings (SSSR count). The summed E-state index contributed by atoms with van der Waals surface area (Å²) in [6.45, 7) is 0. The molecule has 0 atom stereocenters. The molecule has 4 aromatic rings. The van der Waals surface area contributed by atoms with Gasteiger partial charge in [0.1, 0.15) is 5.75 Å². The predicted molar refractivity (Wildman–Crippen MR) is 109 cm³/mol. The number of ether oxygens (including phenoxy) is 1. The molecule has 0 unspecified atom stereocenters. The average Bonchev–Trinajstić information content (AvgIpc) is 3.08. The van der Waals surface area contributed by atoms with Crippen molar-refractivity contribution >= 4 is 27.0 Å². The second kappa shape index (κ2) is 7.90. The lowest BCUT2D eigenvalue weighted by atomic mass is 10.1. The van der Waals surface area contributed by atoms with Crippen LogP contribution in [0, 0.1) is 28.5 Å². The summed E-state index contributed by atoms with van der Waals surface area (Å²) in [5.41, 5.74) is 2.14. The minimum atomic E-state index is -0.564. The Bertz CT molecular complexity index is 1340. The molecule has 7 nitrogen and oxygen atoms in total. The topological polar surface area (TPSA) is 100 Å². The quantitative estimate of drug-likeness (QED) is 0.445. The summed E-state index contributed by atoms with van der Waals surface area (Å²) in [6.07, 6.45) is 1.79. The van der Waals surface area contributed by atoms with E-state index < -0.39 is 5.82 Å². The van der Waals surface area contributed by atoms with Gasteiger partial charge in [-0.25, -0.2) is 9.07 Å². The van der Waals surface area contributed by atoms with Crippen LogP contribution in [-0.2, 0) is 13.5 Å². The highest BCUT2D eigenvalue weighted by Gasteiger charge is 2.18. The number of nitrogens with zero attached hydrogens (tertiary/aromatic N) is 6. The zero-order chi connectivity index (χ0) is 21.3. The van der Waals surface area contributed by atoms with E-state index in [4.69, 9.17) is 15.3 Å². The van der Waals surface area contributed by atoms with Crippen molar-refractivity contribution in [2.45, 2.75) is 6.42 Å². The minimum absolute atomic E-state index is 0.0356. The standard InChI is InChI=1S/C21H12BrFN6O/c1-29-21-16(4-5-26-27-21)18(28-29)9-14-2-3-17(22)20(19(14)23)30-15-7-12(10-24)6-13(8-15)11-25/h2-8H,9H2,1H3. The van der Waals surface area contributed by atoms with Crippen LogP contribution in [0.1, 0.15) is 22.4 Å². The van der Waals surface area contributed by atoms with Crippen LogP contribution in [0.5, 0.6) is 11.5 Å². The number of nitriles is 2. The summed E-state index contributed by atoms with van der Waals surface area (Å²) in [6, 6.07) is 13.4. The smallest absolute Gasteiger partial charge is 0.180 e. The van der Waals surface area contributed by atoms with Crippen LogP contribution in [0.2, 0.25) is 0 Å². The lowest BCUT2D eigenvalue weighted by molar-refractivity contribution is 0.436. The molecule has 0 amide bonds. The van der Waals surface area contributed by atoms with Crippen molar-refractivity contribution < 1.29 is 9.13 Å². The molecule has 2 aromatic heterocycles. The van der Waals surface area contributed by atoms with Gasteiger partial charge in [0.05, 0.1) is 39.6 Å². The van der Waals surface area contributed by atoms with Gasteiger partial charge in [-0.3, -0.25) is 0 Å². The molecule has 0 fully saturated rings. The summed E-state index contributed by atoms with van der Waals surface area (Å²) >= 11 is 3.31. The Hall–Kier alpha value is -3.82. The predicted octanol–water partition coefficient (Wildman–Crippen LogP) is 4.39. The van der Waals surface area contributed by atoms with Crippen LogP contribution in [0.3, 0.4) is 0 Å². The van der Waals surface area contributed by atoms with E-state index in [0.717, 1.165) is 5.39 Å². The number of fused-ring (bicyclic) bond motifs is 1. The molecule has 0 aliphatic heterocycles. The molecule has 0 spiro atoms. The number of halogens is 2. The molecule has 0 radical (unpaired) electrons. The fourth-order valence-electron chi connectivity index (χ4n) is 3.09. The Balaban J connectivity index is 1.73. The van der Waals surface area contributed by atoms with Crippen LogP contribution < -0.4 is 4.74 Å². The molecule has 0 bridgehead atoms. The number of hydrogen-bond donors (Lipinski definition) is 0. The van der Waals surface area contributed by atoms with Gasteiger partial charge in [0.15, 0.2) is 17.2 Å². The van der Waals surface area contributed by atoms with E-state index in [1.165, 1.54) is 18.2 Å². The summed E-state index contributed by atoms with van der Waals surface area (Å²) in [5.74, 6) is -0.404. The molecule has 9 heteroatoms. The summed E-state index contributed by atoms with van der Waals surface area (Å²) in [7, 11) is 1.75. The van der Waals surface area contributed by atoms with Crippen LogP contribution in [0.25, 0.3) is 11.0 Å². The Kier molecular flexibility index (Phi) is 5.13. The van der Waals surface area contributed by atoms with Crippen molar-refractivity contribution in [3.8, 4) is 23.6 Å². The van der Waals surface area contributed by atoms with E-state index >= 15 is 4.39 Å². The first-order chi connectivity index (χ1) is 14.5. The Labute approximate surface area is 179 Å². The number of benzene rings is 2. The number of aryl methyl sites for hydroxylation is 1. The number of rotatable bonds is 4. The highest BCUT2D eigenvalue weighted by molar-refractivity contribution is 9.10. The summed E-state index contributed by atoms with van der Waals surface area (Å²) in [5, 5.41) is 31.4. The third-order valence-electron chi connectivity index (χ3n) is 4.46. The first-order valence-corrected chi connectivity index (χ1v) is 9.52. The maximum atomic E-state index is 15.3. The SMILES string of the molecule is Cn1nc(Cc2ccc(Br)c(Oc3cc(C#N)cc(C#N)c3)c2F)c2ccnnc21. The van der Waals surface area contributed by atoms with Crippen LogP contribution in [-0.4, -0.2) is 20.0 Å². The molecule has 0 saturated heterocycles. The molecule has 2 heterocycles. The maximum absolute atomic E-state index is 15.3. The number of hydrogen-bond acceptors (Lipinski definition) is 6. The Morgan fingerprint density at radius 3 is 2.57 bits per heavy atom. The Morgan fingerprint density at radius 1 is 1.13 bits per heavy atom. The molecule has 0 aliphatic carbocycles. The maximum Gasteiger partial charge on any atom is 0.180 e. The van der Waals surface area contributed by atoms with Gasteiger partial charge < -0.3 is 4.74 Å². The van der Waals surface area contributed by atoms with Gasteiger partial charge in [0.2, 0.25) is 0 Å². The zero-order valence-corrected chi connectivity index (χ0v) is 17.2. The second-order valence-corrected chi connectivity index (χ2v) is 7.29. The fourth-order valence-corrected chi connectivity index (χ4v) is 3.48. The zero-order valence-electron chi connectivity index (χ0n) is 15.6. The van der Waals surface area contributed by atoms with E-state index in [1.807, 2.05) is 12.1 Å². The molecular formula is C21H12BrFN6O. The van der Waals surface area contributed by atoms with E-state index in [2.05, 4.69) is 31.2 Å². The highest BCUT2D eigenvalue weighted by atomic mass is 79.9. The first-order valence-electron chi connectivity index (χ1n) is 8.73. The molecule has 2 aromatic carbocycles. The van der Waals surface area contributed by atoms with Crippen LogP contribution >= 0.6 is 15.9 Å². The largest absolute Gasteiger partial charge is 0.453 e. The highest BCUT2D eigenvalue weighted by Crippen LogP contribution is 2.36. The molecule has 146 valence electrons. The third-order valence-corrected chi connectivity index (χ3v) is 5.09. The van der Waals surface area contributed by atoms with Gasteiger partial charge in [0.25, 0.3) is 0 Å². The van der Waals surface area contributed by atoms with E-state index in [0.29, 0.717) is 21.4 Å². The molecule has 0 aliphatic rings. The van der Waals surface area contributed by atoms with Gasteiger partial charge in [-0.05, 0) is 51.8 Å². The summed E-state index contributed by atoms with van der Waals surface area (Å²) < 4.78 is 23.1. The van der Waals surface area contributed by atoms with Crippen molar-refractivity contribution in [3.05, 3.63) is 75.3 Å². The van der Waals surface area contributed by atoms with Crippen molar-refractivity contribution in [2.24, 2.45) is 7.05 Å². The normalized spacial score (nSPS) is 10.6. The molecular weight excluding hydrogens is 451 g/mol. The first kappa shape index (κ1) is 19.5. The third kappa shape index (κ3) is 3.59. The van der Waals surface area contributed by atoms with Gasteiger partial charge in [-0.1, -0.05) is 6.07 Å². The van der Waals surface area contributed by atoms with Gasteiger partial charge in [0, 0.05) is 18.9 Å². The van der Waals surface area contributed by atoms with Gasteiger partial charge in [-0.15, -0.1) is 5.10 Å². The molecule has 0 saturated carbocycles. The summed E-state index contributed by atoms with van der Waals surface area (Å²) in [4.78, 5) is 0. The van der Waals surface area contributed by atoms with Crippen molar-refractivity contribution in [3.63, 3.8) is 0 Å². The molecule has 30 heavy (non-hydrogen) atoms. The van der Waals surface area contributed by atoms with Crippen LogP contribution in [0.4, 0.5) is 4.39 Å². The monoisotopic (exact) mass is 462 g/mol. The van der Waals surface area contributed by atoms with Gasteiger partial charge in [-0.2, -0.15) is 20.7 Å². The van der Waals surface area contributed by atoms with E-state index in [9.17, 15) is 0 Å². The lowest BCUT2D eigenvalue weighted by Gasteiger charge is -2.12. The van der Waals surface area contributed by atoms with E-state index in [-0.39, 0.29) is 29.0 Å². The van der Waals surface area contributed by atoms with Crippen LogP contribution in [0.15, 0.2) is 47.1 Å². The van der Waals surface area contributed by atoms with Gasteiger partial charge >= 0.3 is 0 Å². The molecule has 0 N–H and O–H groups in total. The Morgan fingerprint density at radius 2 is 1.87 bits per heavy atom. The lowest BCUT2D eigenvalue weighted by Crippen LogP contribution is -1.99. The van der Waals surface area contributed by atoms with Crippen molar-refractivity contribution in [2.75, 3.05) is 0 Å². The van der Waals surface area contributed by atoms with E-state index in [1.54, 1.807) is 36.1 Å². The van der Waals surface area contributed by atoms with Crippen molar-refractivity contribution in [1.82, 2.24) is 20.0 Å². The average molecular weight is 463 g/mol. The minimum Gasteiger partial charge on any atom is -0.453 e. The van der Waals surface area contributed by atoms with Crippen molar-refractivity contribution in [1.29, 1.82) is 10.5 Å². The second-order valence-electron chi connectivity index (χ2n) is 6.44.